The predicted molar refractivity (Wildman–Crippen MR) is 263 cm³/mol. The highest BCUT2D eigenvalue weighted by Gasteiger charge is 2.52. The smallest absolute Gasteiger partial charge is 0.0725 e. The molecule has 0 saturated carbocycles. The lowest BCUT2D eigenvalue weighted by Gasteiger charge is -2.31. The second kappa shape index (κ2) is 15.1. The highest BCUT2D eigenvalue weighted by atomic mass is 15.1. The maximum atomic E-state index is 2.50. The van der Waals surface area contributed by atoms with Crippen LogP contribution < -0.4 is 9.80 Å². The molecule has 296 valence electrons. The summed E-state index contributed by atoms with van der Waals surface area (Å²) < 4.78 is 0. The first-order valence-electron chi connectivity index (χ1n) is 21.8. The lowest BCUT2D eigenvalue weighted by molar-refractivity contribution is 0.794. The van der Waals surface area contributed by atoms with Crippen LogP contribution in [0.1, 0.15) is 22.3 Å². The molecule has 0 amide bonds. The van der Waals surface area contributed by atoms with E-state index in [0.717, 1.165) is 34.1 Å². The number of hydrogen-bond donors (Lipinski definition) is 0. The van der Waals surface area contributed by atoms with E-state index in [4.69, 9.17) is 0 Å². The van der Waals surface area contributed by atoms with E-state index in [1.807, 2.05) is 0 Å². The van der Waals surface area contributed by atoms with E-state index in [9.17, 15) is 0 Å². The number of anilines is 6. The van der Waals surface area contributed by atoms with Crippen LogP contribution in [0.4, 0.5) is 34.1 Å². The fourth-order valence-electron chi connectivity index (χ4n) is 10.4. The fraction of sp³-hybridized carbons (Fsp3) is 0.0164. The molecule has 1 spiro atoms. The lowest BCUT2D eigenvalue weighted by atomic mass is 9.70. The molecule has 10 aromatic rings. The summed E-state index contributed by atoms with van der Waals surface area (Å²) in [5.74, 6) is 0. The highest BCUT2D eigenvalue weighted by Crippen LogP contribution is 2.64. The van der Waals surface area contributed by atoms with Gasteiger partial charge in [0, 0.05) is 34.1 Å². The zero-order valence-electron chi connectivity index (χ0n) is 34.6. The summed E-state index contributed by atoms with van der Waals surface area (Å²) in [5, 5.41) is 0. The van der Waals surface area contributed by atoms with Crippen molar-refractivity contribution in [3.63, 3.8) is 0 Å². The minimum absolute atomic E-state index is 0.474. The van der Waals surface area contributed by atoms with Gasteiger partial charge in [0.15, 0.2) is 0 Å². The van der Waals surface area contributed by atoms with Gasteiger partial charge < -0.3 is 9.80 Å². The first-order valence-corrected chi connectivity index (χ1v) is 21.8. The summed E-state index contributed by atoms with van der Waals surface area (Å²) in [6.45, 7) is 0. The molecule has 0 aliphatic heterocycles. The van der Waals surface area contributed by atoms with Crippen molar-refractivity contribution >= 4 is 34.1 Å². The molecule has 0 unspecified atom stereocenters. The van der Waals surface area contributed by atoms with E-state index in [-0.39, 0.29) is 0 Å². The molecule has 0 aromatic heterocycles. The third kappa shape index (κ3) is 5.87. The van der Waals surface area contributed by atoms with E-state index in [0.29, 0.717) is 0 Å². The summed E-state index contributed by atoms with van der Waals surface area (Å²) in [4.78, 5) is 4.66. The summed E-state index contributed by atoms with van der Waals surface area (Å²) >= 11 is 0. The Bertz CT molecular complexity index is 3130. The van der Waals surface area contributed by atoms with Gasteiger partial charge in [0.1, 0.15) is 0 Å². The minimum atomic E-state index is -0.474. The van der Waals surface area contributed by atoms with Crippen LogP contribution in [0.15, 0.2) is 255 Å². The molecule has 10 aromatic carbocycles. The van der Waals surface area contributed by atoms with Crippen molar-refractivity contribution < 1.29 is 0 Å². The van der Waals surface area contributed by atoms with Crippen LogP contribution in [0.5, 0.6) is 0 Å². The van der Waals surface area contributed by atoms with Gasteiger partial charge in [-0.25, -0.2) is 0 Å². The van der Waals surface area contributed by atoms with Gasteiger partial charge >= 0.3 is 0 Å². The van der Waals surface area contributed by atoms with Crippen molar-refractivity contribution in [2.24, 2.45) is 0 Å². The standard InChI is InChI=1S/C61H42N2/c1-5-19-46(20-6-1)62(47-21-7-2-8-22-47)50-37-33-43(34-38-50)45-41-55(44-35-39-51(40-36-44)63(48-23-9-3-10-24-48)49-25-11-4-12-26-49)60-54-29-15-18-32-58(54)61(59(60)42-45)56-30-16-13-27-52(56)53-28-14-17-31-57(53)61/h1-42H. The molecule has 0 radical (unpaired) electrons. The van der Waals surface area contributed by atoms with Crippen molar-refractivity contribution in [1.29, 1.82) is 0 Å². The van der Waals surface area contributed by atoms with Gasteiger partial charge in [-0.15, -0.1) is 0 Å². The number of hydrogen-bond acceptors (Lipinski definition) is 2. The number of para-hydroxylation sites is 4. The van der Waals surface area contributed by atoms with Gasteiger partial charge in [-0.2, -0.15) is 0 Å². The maximum Gasteiger partial charge on any atom is 0.0725 e. The van der Waals surface area contributed by atoms with Crippen molar-refractivity contribution in [3.05, 3.63) is 277 Å². The fourth-order valence-corrected chi connectivity index (χ4v) is 10.4. The summed E-state index contributed by atoms with van der Waals surface area (Å²) in [6.07, 6.45) is 0. The van der Waals surface area contributed by atoms with Crippen LogP contribution in [0.25, 0.3) is 44.5 Å². The van der Waals surface area contributed by atoms with Gasteiger partial charge in [-0.1, -0.05) is 170 Å². The Morgan fingerprint density at radius 1 is 0.222 bits per heavy atom. The predicted octanol–water partition coefficient (Wildman–Crippen LogP) is 16.3. The first kappa shape index (κ1) is 36.6. The Morgan fingerprint density at radius 2 is 0.556 bits per heavy atom. The first-order chi connectivity index (χ1) is 31.3. The van der Waals surface area contributed by atoms with E-state index >= 15 is 0 Å². The van der Waals surface area contributed by atoms with Gasteiger partial charge in [0.05, 0.1) is 5.41 Å². The van der Waals surface area contributed by atoms with E-state index in [1.165, 1.54) is 66.8 Å². The molecule has 0 bridgehead atoms. The van der Waals surface area contributed by atoms with Crippen molar-refractivity contribution in [2.75, 3.05) is 9.80 Å². The molecule has 0 N–H and O–H groups in total. The molecular formula is C61H42N2. The summed E-state index contributed by atoms with van der Waals surface area (Å²) in [5.41, 5.74) is 21.5. The van der Waals surface area contributed by atoms with Crippen molar-refractivity contribution in [2.45, 2.75) is 5.41 Å². The molecule has 2 nitrogen and oxygen atoms in total. The van der Waals surface area contributed by atoms with Crippen LogP contribution in [-0.2, 0) is 5.41 Å². The van der Waals surface area contributed by atoms with Crippen LogP contribution in [0.3, 0.4) is 0 Å². The monoisotopic (exact) mass is 802 g/mol. The summed E-state index contributed by atoms with van der Waals surface area (Å²) in [7, 11) is 0. The third-order valence-electron chi connectivity index (χ3n) is 13.0. The Balaban J connectivity index is 1.07. The van der Waals surface area contributed by atoms with E-state index in [2.05, 4.69) is 265 Å². The van der Waals surface area contributed by atoms with Crippen molar-refractivity contribution in [1.82, 2.24) is 0 Å². The molecule has 63 heavy (non-hydrogen) atoms. The van der Waals surface area contributed by atoms with Crippen LogP contribution in [-0.4, -0.2) is 0 Å². The van der Waals surface area contributed by atoms with Gasteiger partial charge in [0.2, 0.25) is 0 Å². The Kier molecular flexibility index (Phi) is 8.76. The number of rotatable bonds is 8. The molecule has 12 rings (SSSR count). The number of fused-ring (bicyclic) bond motifs is 10. The Morgan fingerprint density at radius 3 is 0.984 bits per heavy atom. The van der Waals surface area contributed by atoms with Gasteiger partial charge in [0.25, 0.3) is 0 Å². The van der Waals surface area contributed by atoms with Crippen LogP contribution in [0.2, 0.25) is 0 Å². The van der Waals surface area contributed by atoms with E-state index in [1.54, 1.807) is 0 Å². The van der Waals surface area contributed by atoms with Gasteiger partial charge in [-0.3, -0.25) is 0 Å². The van der Waals surface area contributed by atoms with Gasteiger partial charge in [-0.05, 0) is 152 Å². The molecule has 2 aliphatic rings. The zero-order valence-corrected chi connectivity index (χ0v) is 34.6. The molecule has 0 saturated heterocycles. The SMILES string of the molecule is c1ccc(N(c2ccccc2)c2ccc(-c3cc(-c4ccc(N(c5ccccc5)c5ccccc5)cc4)c4c(c3)C3(c5ccccc5-c5ccccc53)c3ccccc3-4)cc2)cc1. The second-order valence-electron chi connectivity index (χ2n) is 16.4. The van der Waals surface area contributed by atoms with Crippen LogP contribution in [0, 0.1) is 0 Å². The largest absolute Gasteiger partial charge is 0.311 e. The zero-order chi connectivity index (χ0) is 41.7. The Labute approximate surface area is 369 Å². The molecule has 2 heteroatoms. The van der Waals surface area contributed by atoms with Crippen LogP contribution >= 0.6 is 0 Å². The summed E-state index contributed by atoms with van der Waals surface area (Å²) in [6, 6.07) is 93.1. The molecule has 2 aliphatic carbocycles. The number of benzene rings is 10. The van der Waals surface area contributed by atoms with E-state index < -0.39 is 5.41 Å². The maximum absolute atomic E-state index is 2.50. The highest BCUT2D eigenvalue weighted by molar-refractivity contribution is 6.01. The average molecular weight is 803 g/mol. The Hall–Kier alpha value is -8.20. The average Bonchev–Trinajstić information content (AvgIpc) is 3.83. The minimum Gasteiger partial charge on any atom is -0.311 e. The number of nitrogens with zero attached hydrogens (tertiary/aromatic N) is 2. The second-order valence-corrected chi connectivity index (χ2v) is 16.4. The quantitative estimate of drug-likeness (QED) is 0.151. The normalized spacial score (nSPS) is 12.6. The third-order valence-corrected chi connectivity index (χ3v) is 13.0. The molecule has 0 fully saturated rings. The topological polar surface area (TPSA) is 6.48 Å². The van der Waals surface area contributed by atoms with Crippen molar-refractivity contribution in [3.8, 4) is 44.5 Å². The lowest BCUT2D eigenvalue weighted by Crippen LogP contribution is -2.25. The molecule has 0 atom stereocenters. The molecular weight excluding hydrogens is 761 g/mol. The molecule has 0 heterocycles.